The Labute approximate surface area is 111 Å². The molecule has 0 aromatic heterocycles. The predicted octanol–water partition coefficient (Wildman–Crippen LogP) is 4.93. The lowest BCUT2D eigenvalue weighted by atomic mass is 9.49. The van der Waals surface area contributed by atoms with Gasteiger partial charge in [-0.2, -0.15) is 0 Å². The standard InChI is InChI=1S/C11H14Cl4/c12-10-4-7-1-8(5-10)3-9(2-7,6-10)11(13,14)15/h7-8H,1-6H2. The molecule has 4 saturated carbocycles. The van der Waals surface area contributed by atoms with Crippen LogP contribution < -0.4 is 0 Å². The van der Waals surface area contributed by atoms with Crippen LogP contribution in [0.15, 0.2) is 0 Å². The van der Waals surface area contributed by atoms with E-state index in [1.54, 1.807) is 0 Å². The lowest BCUT2D eigenvalue weighted by molar-refractivity contribution is -0.0375. The molecule has 4 aliphatic carbocycles. The lowest BCUT2D eigenvalue weighted by Crippen LogP contribution is -2.57. The molecular weight excluding hydrogens is 274 g/mol. The Morgan fingerprint density at radius 3 is 1.87 bits per heavy atom. The monoisotopic (exact) mass is 286 g/mol. The van der Waals surface area contributed by atoms with Gasteiger partial charge in [0.1, 0.15) is 0 Å². The molecule has 0 aliphatic heterocycles. The van der Waals surface area contributed by atoms with Crippen LogP contribution in [0.5, 0.6) is 0 Å². The van der Waals surface area contributed by atoms with Crippen LogP contribution >= 0.6 is 46.4 Å². The third kappa shape index (κ3) is 1.63. The molecule has 4 aliphatic rings. The van der Waals surface area contributed by atoms with Crippen LogP contribution in [0.25, 0.3) is 0 Å². The zero-order chi connectivity index (χ0) is 10.9. The van der Waals surface area contributed by atoms with E-state index < -0.39 is 3.79 Å². The summed E-state index contributed by atoms with van der Waals surface area (Å²) in [5.74, 6) is 1.39. The molecule has 2 atom stereocenters. The van der Waals surface area contributed by atoms with Gasteiger partial charge >= 0.3 is 0 Å². The zero-order valence-corrected chi connectivity index (χ0v) is 11.4. The first-order valence-corrected chi connectivity index (χ1v) is 7.09. The van der Waals surface area contributed by atoms with E-state index in [1.807, 2.05) is 0 Å². The summed E-state index contributed by atoms with van der Waals surface area (Å²) in [6.45, 7) is 0. The van der Waals surface area contributed by atoms with Gasteiger partial charge in [-0.25, -0.2) is 0 Å². The summed E-state index contributed by atoms with van der Waals surface area (Å²) in [6, 6.07) is 0. The van der Waals surface area contributed by atoms with E-state index in [0.717, 1.165) is 32.1 Å². The molecule has 0 saturated heterocycles. The molecule has 86 valence electrons. The Hall–Kier alpha value is 1.16. The fraction of sp³-hybridized carbons (Fsp3) is 1.00. The number of halogens is 4. The van der Waals surface area contributed by atoms with E-state index >= 15 is 0 Å². The second-order valence-corrected chi connectivity index (χ2v) is 8.97. The number of hydrogen-bond acceptors (Lipinski definition) is 0. The van der Waals surface area contributed by atoms with Gasteiger partial charge in [-0.1, -0.05) is 34.8 Å². The summed E-state index contributed by atoms with van der Waals surface area (Å²) >= 11 is 25.2. The first-order chi connectivity index (χ1) is 6.82. The zero-order valence-electron chi connectivity index (χ0n) is 8.41. The van der Waals surface area contributed by atoms with E-state index in [2.05, 4.69) is 0 Å². The van der Waals surface area contributed by atoms with E-state index in [-0.39, 0.29) is 10.3 Å². The average Bonchev–Trinajstić information content (AvgIpc) is 1.95. The molecule has 15 heavy (non-hydrogen) atoms. The Balaban J connectivity index is 2.00. The normalized spacial score (nSPS) is 53.6. The third-order valence-electron chi connectivity index (χ3n) is 4.59. The second-order valence-electron chi connectivity index (χ2n) is 5.89. The van der Waals surface area contributed by atoms with Gasteiger partial charge in [0, 0.05) is 10.3 Å². The van der Waals surface area contributed by atoms with Gasteiger partial charge < -0.3 is 0 Å². The van der Waals surface area contributed by atoms with Crippen LogP contribution in [0, 0.1) is 17.3 Å². The second kappa shape index (κ2) is 3.13. The first kappa shape index (κ1) is 11.3. The molecule has 0 nitrogen and oxygen atoms in total. The topological polar surface area (TPSA) is 0 Å². The highest BCUT2D eigenvalue weighted by atomic mass is 35.6. The molecule has 0 heterocycles. The molecule has 4 rings (SSSR count). The Morgan fingerprint density at radius 2 is 1.47 bits per heavy atom. The molecule has 4 bridgehead atoms. The van der Waals surface area contributed by atoms with Crippen molar-refractivity contribution in [2.24, 2.45) is 17.3 Å². The maximum absolute atomic E-state index is 6.65. The summed E-state index contributed by atoms with van der Waals surface area (Å²) in [5, 5.41) is 0. The average molecular weight is 288 g/mol. The predicted molar refractivity (Wildman–Crippen MR) is 66.0 cm³/mol. The maximum Gasteiger partial charge on any atom is 0.196 e. The van der Waals surface area contributed by atoms with Crippen molar-refractivity contribution >= 4 is 46.4 Å². The number of alkyl halides is 4. The summed E-state index contributed by atoms with van der Waals surface area (Å²) in [6.07, 6.45) is 6.59. The molecule has 0 amide bonds. The van der Waals surface area contributed by atoms with Crippen LogP contribution in [-0.4, -0.2) is 8.67 Å². The Bertz CT molecular complexity index is 279. The minimum atomic E-state index is -1.13. The smallest absolute Gasteiger partial charge is 0.119 e. The van der Waals surface area contributed by atoms with Gasteiger partial charge in [-0.05, 0) is 50.4 Å². The first-order valence-electron chi connectivity index (χ1n) is 5.58. The Kier molecular flexibility index (Phi) is 2.35. The minimum Gasteiger partial charge on any atom is -0.119 e. The highest BCUT2D eigenvalue weighted by molar-refractivity contribution is 6.68. The number of hydrogen-bond donors (Lipinski definition) is 0. The maximum atomic E-state index is 6.65. The van der Waals surface area contributed by atoms with E-state index in [9.17, 15) is 0 Å². The number of rotatable bonds is 0. The van der Waals surface area contributed by atoms with Crippen LogP contribution in [0.2, 0.25) is 0 Å². The van der Waals surface area contributed by atoms with Gasteiger partial charge in [0.15, 0.2) is 3.79 Å². The van der Waals surface area contributed by atoms with Crippen LogP contribution in [-0.2, 0) is 0 Å². The fourth-order valence-corrected chi connectivity index (χ4v) is 5.84. The van der Waals surface area contributed by atoms with Crippen molar-refractivity contribution in [2.75, 3.05) is 0 Å². The molecule has 0 radical (unpaired) electrons. The van der Waals surface area contributed by atoms with Gasteiger partial charge in [0.2, 0.25) is 0 Å². The largest absolute Gasteiger partial charge is 0.196 e. The van der Waals surface area contributed by atoms with E-state index in [1.165, 1.54) is 6.42 Å². The quantitative estimate of drug-likeness (QED) is 0.554. The third-order valence-corrected chi connectivity index (χ3v) is 6.24. The SMILES string of the molecule is ClC12CC3CC(C1)CC(C(Cl)(Cl)Cl)(C3)C2. The molecule has 4 fully saturated rings. The van der Waals surface area contributed by atoms with Crippen LogP contribution in [0.3, 0.4) is 0 Å². The molecule has 0 aromatic rings. The van der Waals surface area contributed by atoms with Crippen molar-refractivity contribution in [3.05, 3.63) is 0 Å². The molecule has 0 spiro atoms. The lowest BCUT2D eigenvalue weighted by Gasteiger charge is -2.62. The molecule has 2 unspecified atom stereocenters. The molecule has 0 aromatic carbocycles. The summed E-state index contributed by atoms with van der Waals surface area (Å²) in [7, 11) is 0. The van der Waals surface area contributed by atoms with Gasteiger partial charge in [0.05, 0.1) is 0 Å². The van der Waals surface area contributed by atoms with Gasteiger partial charge in [0.25, 0.3) is 0 Å². The van der Waals surface area contributed by atoms with E-state index in [4.69, 9.17) is 46.4 Å². The minimum absolute atomic E-state index is 0.0615. The van der Waals surface area contributed by atoms with Gasteiger partial charge in [-0.15, -0.1) is 11.6 Å². The van der Waals surface area contributed by atoms with E-state index in [0.29, 0.717) is 11.8 Å². The molecular formula is C11H14Cl4. The summed E-state index contributed by atoms with van der Waals surface area (Å²) < 4.78 is -1.13. The van der Waals surface area contributed by atoms with Crippen LogP contribution in [0.1, 0.15) is 38.5 Å². The molecule has 0 N–H and O–H groups in total. The van der Waals surface area contributed by atoms with Crippen molar-refractivity contribution in [3.8, 4) is 0 Å². The summed E-state index contributed by atoms with van der Waals surface area (Å²) in [5.41, 5.74) is -0.135. The fourth-order valence-electron chi connectivity index (χ4n) is 4.48. The highest BCUT2D eigenvalue weighted by Crippen LogP contribution is 2.69. The van der Waals surface area contributed by atoms with Crippen molar-refractivity contribution in [3.63, 3.8) is 0 Å². The van der Waals surface area contributed by atoms with Crippen molar-refractivity contribution in [2.45, 2.75) is 47.2 Å². The summed E-state index contributed by atoms with van der Waals surface area (Å²) in [4.78, 5) is -0.0615. The van der Waals surface area contributed by atoms with Crippen molar-refractivity contribution in [1.29, 1.82) is 0 Å². The van der Waals surface area contributed by atoms with Crippen molar-refractivity contribution in [1.82, 2.24) is 0 Å². The van der Waals surface area contributed by atoms with Gasteiger partial charge in [-0.3, -0.25) is 0 Å². The Morgan fingerprint density at radius 1 is 0.933 bits per heavy atom. The van der Waals surface area contributed by atoms with Crippen LogP contribution in [0.4, 0.5) is 0 Å². The van der Waals surface area contributed by atoms with Crippen molar-refractivity contribution < 1.29 is 0 Å². The molecule has 4 heteroatoms. The highest BCUT2D eigenvalue weighted by Gasteiger charge is 2.63.